The summed E-state index contributed by atoms with van der Waals surface area (Å²) in [5, 5.41) is 10.2. The molecule has 1 N–H and O–H groups in total. The highest BCUT2D eigenvalue weighted by Crippen LogP contribution is 2.60. The van der Waals surface area contributed by atoms with Crippen molar-refractivity contribution in [2.75, 3.05) is 20.2 Å². The molecule has 4 nitrogen and oxygen atoms in total. The van der Waals surface area contributed by atoms with Crippen LogP contribution in [0.4, 0.5) is 0 Å². The lowest BCUT2D eigenvalue weighted by Gasteiger charge is -2.65. The van der Waals surface area contributed by atoms with Crippen LogP contribution in [0.1, 0.15) is 50.2 Å². The molecule has 2 saturated carbocycles. The summed E-state index contributed by atoms with van der Waals surface area (Å²) >= 11 is 0. The van der Waals surface area contributed by atoms with Crippen LogP contribution in [-0.2, 0) is 21.4 Å². The van der Waals surface area contributed by atoms with E-state index in [4.69, 9.17) is 4.74 Å². The molecule has 0 spiro atoms. The minimum Gasteiger partial charge on any atom is -0.508 e. The van der Waals surface area contributed by atoms with E-state index < -0.39 is 0 Å². The van der Waals surface area contributed by atoms with Crippen LogP contribution in [0.3, 0.4) is 0 Å². The fraction of sp³-hybridized carbons (Fsp3) is 0.682. The quantitative estimate of drug-likeness (QED) is 0.905. The second-order valence-electron chi connectivity index (χ2n) is 9.17. The van der Waals surface area contributed by atoms with E-state index in [-0.39, 0.29) is 16.9 Å². The molecule has 0 unspecified atom stereocenters. The van der Waals surface area contributed by atoms with Crippen LogP contribution >= 0.6 is 0 Å². The number of carbonyl (C=O) groups excluding carboxylic acids is 1. The summed E-state index contributed by atoms with van der Waals surface area (Å²) in [6.07, 6.45) is 5.95. The summed E-state index contributed by atoms with van der Waals surface area (Å²) in [5.74, 6) is 1.54. The Kier molecular flexibility index (Phi) is 3.58. The van der Waals surface area contributed by atoms with Crippen molar-refractivity contribution in [2.45, 2.75) is 62.5 Å². The zero-order chi connectivity index (χ0) is 18.1. The van der Waals surface area contributed by atoms with Gasteiger partial charge in [0.1, 0.15) is 11.5 Å². The number of aromatic hydroxyl groups is 1. The number of hydrogen-bond donors (Lipinski definition) is 1. The molecule has 3 aliphatic carbocycles. The standard InChI is InChI=1S/C22H29NO3/c1-14-11-22(26-2)20-9-16-5-6-17(24)10-18(16)21(22,12-19(14)25)7-8-23(20)13-15-3-4-15/h5-6,10,14-15,20,24H,3-4,7-9,11-13H2,1-2H3/t14-,20+,21+,22+/m0/s1. The van der Waals surface area contributed by atoms with Crippen LogP contribution < -0.4 is 0 Å². The van der Waals surface area contributed by atoms with Crippen molar-refractivity contribution >= 4 is 5.78 Å². The molecule has 2 bridgehead atoms. The van der Waals surface area contributed by atoms with E-state index in [0.29, 0.717) is 24.0 Å². The summed E-state index contributed by atoms with van der Waals surface area (Å²) in [6, 6.07) is 6.11. The molecule has 140 valence electrons. The molecule has 5 rings (SSSR count). The smallest absolute Gasteiger partial charge is 0.136 e. The van der Waals surface area contributed by atoms with Crippen molar-refractivity contribution in [3.63, 3.8) is 0 Å². The predicted molar refractivity (Wildman–Crippen MR) is 99.3 cm³/mol. The summed E-state index contributed by atoms with van der Waals surface area (Å²) in [6.45, 7) is 4.26. The number of methoxy groups -OCH3 is 1. The monoisotopic (exact) mass is 355 g/mol. The molecule has 26 heavy (non-hydrogen) atoms. The van der Waals surface area contributed by atoms with Gasteiger partial charge in [0, 0.05) is 37.5 Å². The lowest BCUT2D eigenvalue weighted by atomic mass is 9.48. The average Bonchev–Trinajstić information content (AvgIpc) is 3.43. The van der Waals surface area contributed by atoms with Gasteiger partial charge >= 0.3 is 0 Å². The maximum absolute atomic E-state index is 12.8. The van der Waals surface area contributed by atoms with Gasteiger partial charge in [0.25, 0.3) is 0 Å². The first-order valence-electron chi connectivity index (χ1n) is 10.1. The number of piperidine rings is 1. The predicted octanol–water partition coefficient (Wildman–Crippen LogP) is 3.05. The number of nitrogens with zero attached hydrogens (tertiary/aromatic N) is 1. The van der Waals surface area contributed by atoms with E-state index in [0.717, 1.165) is 31.7 Å². The minimum atomic E-state index is -0.325. The summed E-state index contributed by atoms with van der Waals surface area (Å²) in [5.41, 5.74) is 1.85. The number of rotatable bonds is 3. The maximum Gasteiger partial charge on any atom is 0.136 e. The van der Waals surface area contributed by atoms with Gasteiger partial charge in [-0.3, -0.25) is 9.69 Å². The first-order chi connectivity index (χ1) is 12.5. The summed E-state index contributed by atoms with van der Waals surface area (Å²) in [4.78, 5) is 15.5. The zero-order valence-electron chi connectivity index (χ0n) is 15.8. The third-order valence-corrected chi connectivity index (χ3v) is 7.83. The Balaban J connectivity index is 1.69. The highest BCUT2D eigenvalue weighted by Gasteiger charge is 2.67. The highest BCUT2D eigenvalue weighted by molar-refractivity contribution is 5.84. The van der Waals surface area contributed by atoms with E-state index in [1.54, 1.807) is 6.07 Å². The fourth-order valence-corrected chi connectivity index (χ4v) is 6.34. The van der Waals surface area contributed by atoms with Crippen molar-refractivity contribution < 1.29 is 14.6 Å². The molecule has 0 radical (unpaired) electrons. The van der Waals surface area contributed by atoms with Gasteiger partial charge in [0.05, 0.1) is 5.60 Å². The number of likely N-dealkylation sites (tertiary alicyclic amines) is 1. The van der Waals surface area contributed by atoms with Crippen LogP contribution in [0.25, 0.3) is 0 Å². The molecule has 1 heterocycles. The van der Waals surface area contributed by atoms with Gasteiger partial charge in [-0.25, -0.2) is 0 Å². The molecule has 1 saturated heterocycles. The van der Waals surface area contributed by atoms with Crippen LogP contribution in [0, 0.1) is 11.8 Å². The number of fused-ring (bicyclic) bond motifs is 1. The van der Waals surface area contributed by atoms with E-state index in [1.165, 1.54) is 30.5 Å². The molecule has 4 aliphatic rings. The minimum absolute atomic E-state index is 0.0466. The van der Waals surface area contributed by atoms with Crippen molar-refractivity contribution in [1.82, 2.24) is 4.90 Å². The molecule has 3 fully saturated rings. The Hall–Kier alpha value is -1.39. The number of carbonyl (C=O) groups is 1. The number of phenols is 1. The van der Waals surface area contributed by atoms with Crippen LogP contribution in [0.15, 0.2) is 18.2 Å². The van der Waals surface area contributed by atoms with Crippen molar-refractivity contribution in [1.29, 1.82) is 0 Å². The van der Waals surface area contributed by atoms with Crippen LogP contribution in [0.2, 0.25) is 0 Å². The molecule has 4 heteroatoms. The van der Waals surface area contributed by atoms with Crippen LogP contribution in [-0.4, -0.2) is 47.6 Å². The van der Waals surface area contributed by atoms with Gasteiger partial charge in [0.2, 0.25) is 0 Å². The molecule has 0 amide bonds. The van der Waals surface area contributed by atoms with Gasteiger partial charge in [-0.15, -0.1) is 0 Å². The Morgan fingerprint density at radius 2 is 2.15 bits per heavy atom. The lowest BCUT2D eigenvalue weighted by Crippen LogP contribution is -2.74. The van der Waals surface area contributed by atoms with Crippen molar-refractivity contribution in [3.05, 3.63) is 29.3 Å². The summed E-state index contributed by atoms with van der Waals surface area (Å²) in [7, 11) is 1.85. The second-order valence-corrected chi connectivity index (χ2v) is 9.17. The van der Waals surface area contributed by atoms with Gasteiger partial charge in [-0.2, -0.15) is 0 Å². The molecular weight excluding hydrogens is 326 g/mol. The highest BCUT2D eigenvalue weighted by atomic mass is 16.5. The summed E-state index contributed by atoms with van der Waals surface area (Å²) < 4.78 is 6.41. The topological polar surface area (TPSA) is 49.8 Å². The Morgan fingerprint density at radius 1 is 1.35 bits per heavy atom. The molecule has 4 atom stereocenters. The zero-order valence-corrected chi connectivity index (χ0v) is 15.8. The Bertz CT molecular complexity index is 758. The van der Waals surface area contributed by atoms with E-state index in [9.17, 15) is 9.90 Å². The van der Waals surface area contributed by atoms with E-state index in [2.05, 4.69) is 17.9 Å². The first kappa shape index (κ1) is 16.8. The van der Waals surface area contributed by atoms with Gasteiger partial charge in [-0.05, 0) is 67.8 Å². The van der Waals surface area contributed by atoms with E-state index in [1.807, 2.05) is 13.2 Å². The number of benzene rings is 1. The SMILES string of the molecule is CO[C@@]12C[C@H](C)C(=O)C[C@@]13CCN(CC1CC1)[C@@H]2Cc1ccc(O)cc13. The third kappa shape index (κ3) is 2.12. The molecule has 0 aromatic heterocycles. The van der Waals surface area contributed by atoms with E-state index >= 15 is 0 Å². The van der Waals surface area contributed by atoms with Gasteiger partial charge < -0.3 is 9.84 Å². The maximum atomic E-state index is 12.8. The lowest BCUT2D eigenvalue weighted by molar-refractivity contribution is -0.194. The van der Waals surface area contributed by atoms with Crippen molar-refractivity contribution in [2.24, 2.45) is 11.8 Å². The number of Topliss-reactive ketones (excluding diaryl/α,β-unsaturated/α-hetero) is 1. The third-order valence-electron chi connectivity index (χ3n) is 7.83. The van der Waals surface area contributed by atoms with Gasteiger partial charge in [0.15, 0.2) is 0 Å². The number of ether oxygens (including phenoxy) is 1. The van der Waals surface area contributed by atoms with Gasteiger partial charge in [-0.1, -0.05) is 13.0 Å². The molecule has 1 aromatic rings. The second kappa shape index (κ2) is 5.56. The number of phenolic OH excluding ortho intramolecular Hbond substituents is 1. The Labute approximate surface area is 155 Å². The normalized spacial score (nSPS) is 39.4. The average molecular weight is 355 g/mol. The molecular formula is C22H29NO3. The van der Waals surface area contributed by atoms with Crippen LogP contribution in [0.5, 0.6) is 5.75 Å². The fourth-order valence-electron chi connectivity index (χ4n) is 6.34. The van der Waals surface area contributed by atoms with Crippen molar-refractivity contribution in [3.8, 4) is 5.75 Å². The molecule has 1 aliphatic heterocycles. The number of hydrogen-bond acceptors (Lipinski definition) is 4. The Morgan fingerprint density at radius 3 is 2.88 bits per heavy atom. The molecule has 1 aromatic carbocycles. The first-order valence-corrected chi connectivity index (χ1v) is 10.1. The largest absolute Gasteiger partial charge is 0.508 e. The number of ketones is 1.